The summed E-state index contributed by atoms with van der Waals surface area (Å²) in [4.78, 5) is 15.1. The van der Waals surface area contributed by atoms with E-state index in [2.05, 4.69) is 17.2 Å². The molecule has 2 atom stereocenters. The van der Waals surface area contributed by atoms with Crippen LogP contribution < -0.4 is 5.32 Å². The van der Waals surface area contributed by atoms with E-state index in [0.29, 0.717) is 17.6 Å². The van der Waals surface area contributed by atoms with Crippen molar-refractivity contribution < 1.29 is 4.92 Å². The van der Waals surface area contributed by atoms with Gasteiger partial charge in [0.25, 0.3) is 0 Å². The molecule has 1 heterocycles. The fourth-order valence-corrected chi connectivity index (χ4v) is 3.19. The van der Waals surface area contributed by atoms with Crippen LogP contribution in [-0.2, 0) is 0 Å². The van der Waals surface area contributed by atoms with Gasteiger partial charge in [-0.3, -0.25) is 10.1 Å². The number of rotatable bonds is 3. The summed E-state index contributed by atoms with van der Waals surface area (Å²) in [5, 5.41) is 15.5. The zero-order chi connectivity index (χ0) is 14.8. The molecule has 1 aromatic carbocycles. The van der Waals surface area contributed by atoms with Crippen LogP contribution in [0, 0.1) is 16.0 Å². The normalized spacial score (nSPS) is 22.1. The molecule has 0 radical (unpaired) electrons. The molecular weight excluding hydrogens is 266 g/mol. The molecule has 1 aromatic heterocycles. The highest BCUT2D eigenvalue weighted by Gasteiger charge is 2.24. The summed E-state index contributed by atoms with van der Waals surface area (Å²) in [5.41, 5.74) is 1.46. The van der Waals surface area contributed by atoms with Gasteiger partial charge < -0.3 is 5.32 Å². The fraction of sp³-hybridized carbons (Fsp3) is 0.438. The number of aromatic nitrogens is 1. The average Bonchev–Trinajstić information content (AvgIpc) is 2.47. The van der Waals surface area contributed by atoms with Crippen molar-refractivity contribution in [3.05, 3.63) is 40.6 Å². The highest BCUT2D eigenvalue weighted by Crippen LogP contribution is 2.34. The molecular formula is C16H19N3O2. The van der Waals surface area contributed by atoms with Crippen LogP contribution in [0.15, 0.2) is 30.5 Å². The van der Waals surface area contributed by atoms with E-state index < -0.39 is 0 Å². The molecule has 5 nitrogen and oxygen atoms in total. The van der Waals surface area contributed by atoms with Crippen LogP contribution in [0.5, 0.6) is 0 Å². The molecule has 1 N–H and O–H groups in total. The minimum atomic E-state index is -0.353. The van der Waals surface area contributed by atoms with Crippen LogP contribution in [0.25, 0.3) is 10.9 Å². The SMILES string of the molecule is CC1CCCC(Nc2c([N+](=O)[O-])cnc3ccccc23)C1. The highest BCUT2D eigenvalue weighted by molar-refractivity contribution is 5.95. The van der Waals surface area contributed by atoms with E-state index in [-0.39, 0.29) is 10.6 Å². The van der Waals surface area contributed by atoms with Crippen LogP contribution >= 0.6 is 0 Å². The van der Waals surface area contributed by atoms with Crippen molar-refractivity contribution >= 4 is 22.3 Å². The van der Waals surface area contributed by atoms with Gasteiger partial charge in [-0.1, -0.05) is 38.0 Å². The largest absolute Gasteiger partial charge is 0.376 e. The Morgan fingerprint density at radius 2 is 2.14 bits per heavy atom. The van der Waals surface area contributed by atoms with Gasteiger partial charge in [-0.05, 0) is 24.8 Å². The topological polar surface area (TPSA) is 68.1 Å². The standard InChI is InChI=1S/C16H19N3O2/c1-11-5-4-6-12(9-11)18-16-13-7-2-3-8-14(13)17-10-15(16)19(20)21/h2-3,7-8,10-12H,4-6,9H2,1H3,(H,17,18). The van der Waals surface area contributed by atoms with Gasteiger partial charge in [-0.15, -0.1) is 0 Å². The van der Waals surface area contributed by atoms with Gasteiger partial charge >= 0.3 is 5.69 Å². The first kappa shape index (κ1) is 13.8. The number of hydrogen-bond acceptors (Lipinski definition) is 4. The van der Waals surface area contributed by atoms with Crippen molar-refractivity contribution in [2.45, 2.75) is 38.6 Å². The summed E-state index contributed by atoms with van der Waals surface area (Å²) in [6, 6.07) is 7.87. The molecule has 0 aliphatic heterocycles. The highest BCUT2D eigenvalue weighted by atomic mass is 16.6. The molecule has 1 saturated carbocycles. The summed E-state index contributed by atoms with van der Waals surface area (Å²) in [6.07, 6.45) is 5.91. The Morgan fingerprint density at radius 3 is 2.90 bits per heavy atom. The number of hydrogen-bond donors (Lipinski definition) is 1. The first-order valence-corrected chi connectivity index (χ1v) is 7.44. The van der Waals surface area contributed by atoms with E-state index in [9.17, 15) is 10.1 Å². The van der Waals surface area contributed by atoms with Gasteiger partial charge in [0.2, 0.25) is 0 Å². The molecule has 0 saturated heterocycles. The van der Waals surface area contributed by atoms with Gasteiger partial charge in [-0.25, -0.2) is 4.98 Å². The minimum absolute atomic E-state index is 0.0620. The van der Waals surface area contributed by atoms with Crippen LogP contribution in [0.4, 0.5) is 11.4 Å². The predicted octanol–water partition coefficient (Wildman–Crippen LogP) is 4.13. The van der Waals surface area contributed by atoms with Crippen LogP contribution in [0.3, 0.4) is 0 Å². The monoisotopic (exact) mass is 285 g/mol. The average molecular weight is 285 g/mol. The van der Waals surface area contributed by atoms with Gasteiger partial charge in [0, 0.05) is 11.4 Å². The number of nitrogens with one attached hydrogen (secondary N) is 1. The number of benzene rings is 1. The third kappa shape index (κ3) is 2.82. The molecule has 2 unspecified atom stereocenters. The quantitative estimate of drug-likeness (QED) is 0.680. The maximum atomic E-state index is 11.3. The molecule has 1 fully saturated rings. The van der Waals surface area contributed by atoms with E-state index in [0.717, 1.165) is 23.7 Å². The van der Waals surface area contributed by atoms with Gasteiger partial charge in [0.05, 0.1) is 10.4 Å². The Balaban J connectivity index is 2.01. The molecule has 1 aliphatic rings. The third-order valence-electron chi connectivity index (χ3n) is 4.24. The molecule has 1 aliphatic carbocycles. The Kier molecular flexibility index (Phi) is 3.73. The summed E-state index contributed by atoms with van der Waals surface area (Å²) in [5.74, 6) is 0.670. The molecule has 110 valence electrons. The Hall–Kier alpha value is -2.17. The van der Waals surface area contributed by atoms with Crippen molar-refractivity contribution in [1.82, 2.24) is 4.98 Å². The Bertz CT molecular complexity index is 672. The van der Waals surface area contributed by atoms with E-state index in [1.165, 1.54) is 19.0 Å². The predicted molar refractivity (Wildman–Crippen MR) is 83.4 cm³/mol. The lowest BCUT2D eigenvalue weighted by atomic mass is 9.87. The van der Waals surface area contributed by atoms with Crippen LogP contribution in [0.1, 0.15) is 32.6 Å². The second-order valence-corrected chi connectivity index (χ2v) is 5.91. The lowest BCUT2D eigenvalue weighted by Crippen LogP contribution is -2.26. The van der Waals surface area contributed by atoms with Crippen LogP contribution in [0.2, 0.25) is 0 Å². The molecule has 0 spiro atoms. The minimum Gasteiger partial charge on any atom is -0.376 e. The van der Waals surface area contributed by atoms with E-state index in [4.69, 9.17) is 0 Å². The van der Waals surface area contributed by atoms with Crippen molar-refractivity contribution in [1.29, 1.82) is 0 Å². The molecule has 21 heavy (non-hydrogen) atoms. The zero-order valence-electron chi connectivity index (χ0n) is 12.1. The summed E-state index contributed by atoms with van der Waals surface area (Å²) < 4.78 is 0. The van der Waals surface area contributed by atoms with Gasteiger partial charge in [0.1, 0.15) is 11.9 Å². The number of pyridine rings is 1. The lowest BCUT2D eigenvalue weighted by molar-refractivity contribution is -0.384. The Morgan fingerprint density at radius 1 is 1.33 bits per heavy atom. The summed E-state index contributed by atoms with van der Waals surface area (Å²) in [6.45, 7) is 2.24. The first-order valence-electron chi connectivity index (χ1n) is 7.44. The number of nitrogens with zero attached hydrogens (tertiary/aromatic N) is 2. The lowest BCUT2D eigenvalue weighted by Gasteiger charge is -2.28. The number of fused-ring (bicyclic) bond motifs is 1. The first-order chi connectivity index (χ1) is 10.1. The molecule has 5 heteroatoms. The van der Waals surface area contributed by atoms with E-state index in [1.807, 2.05) is 24.3 Å². The molecule has 0 bridgehead atoms. The zero-order valence-corrected chi connectivity index (χ0v) is 12.1. The van der Waals surface area contributed by atoms with Crippen molar-refractivity contribution in [2.24, 2.45) is 5.92 Å². The molecule has 3 rings (SSSR count). The Labute approximate surface area is 123 Å². The summed E-state index contributed by atoms with van der Waals surface area (Å²) in [7, 11) is 0. The summed E-state index contributed by atoms with van der Waals surface area (Å²) >= 11 is 0. The van der Waals surface area contributed by atoms with Crippen molar-refractivity contribution in [3.63, 3.8) is 0 Å². The van der Waals surface area contributed by atoms with E-state index in [1.54, 1.807) is 0 Å². The molecule has 2 aromatic rings. The molecule has 0 amide bonds. The fourth-order valence-electron chi connectivity index (χ4n) is 3.19. The maximum Gasteiger partial charge on any atom is 0.311 e. The maximum absolute atomic E-state index is 11.3. The van der Waals surface area contributed by atoms with E-state index >= 15 is 0 Å². The number of anilines is 1. The smallest absolute Gasteiger partial charge is 0.311 e. The van der Waals surface area contributed by atoms with Crippen molar-refractivity contribution in [2.75, 3.05) is 5.32 Å². The van der Waals surface area contributed by atoms with Gasteiger partial charge in [-0.2, -0.15) is 0 Å². The number of para-hydroxylation sites is 1. The van der Waals surface area contributed by atoms with Crippen LogP contribution in [-0.4, -0.2) is 15.9 Å². The number of nitro groups is 1. The third-order valence-corrected chi connectivity index (χ3v) is 4.24. The second kappa shape index (κ2) is 5.68. The second-order valence-electron chi connectivity index (χ2n) is 5.91. The van der Waals surface area contributed by atoms with Crippen molar-refractivity contribution in [3.8, 4) is 0 Å². The van der Waals surface area contributed by atoms with Gasteiger partial charge in [0.15, 0.2) is 0 Å².